The molecule has 132 valence electrons. The fourth-order valence-corrected chi connectivity index (χ4v) is 2.86. The Balaban J connectivity index is 1.93. The Morgan fingerprint density at radius 2 is 0.962 bits per heavy atom. The molecule has 3 rings (SSSR count). The van der Waals surface area contributed by atoms with Gasteiger partial charge in [0.05, 0.1) is 24.7 Å². The zero-order valence-corrected chi connectivity index (χ0v) is 14.2. The lowest BCUT2D eigenvalue weighted by Gasteiger charge is -2.29. The summed E-state index contributed by atoms with van der Waals surface area (Å²) in [4.78, 5) is 28.7. The highest BCUT2D eigenvalue weighted by Gasteiger charge is 2.28. The molecule has 0 spiro atoms. The first-order chi connectivity index (χ1) is 12.7. The minimum Gasteiger partial charge on any atom is -0.325 e. The first-order valence-electron chi connectivity index (χ1n) is 8.23. The van der Waals surface area contributed by atoms with Crippen LogP contribution in [0.25, 0.3) is 0 Å². The van der Waals surface area contributed by atoms with Crippen molar-refractivity contribution in [2.24, 2.45) is 11.5 Å². The van der Waals surface area contributed by atoms with Gasteiger partial charge in [-0.05, 0) is 24.3 Å². The molecule has 2 aromatic rings. The first kappa shape index (κ1) is 17.6. The average Bonchev–Trinajstić information content (AvgIpc) is 2.68. The van der Waals surface area contributed by atoms with Gasteiger partial charge in [-0.25, -0.2) is 0 Å². The number of nitrogens with zero attached hydrogens (tertiary/aromatic N) is 2. The van der Waals surface area contributed by atoms with E-state index in [0.717, 1.165) is 11.4 Å². The summed E-state index contributed by atoms with van der Waals surface area (Å²) in [7, 11) is 0. The lowest BCUT2D eigenvalue weighted by molar-refractivity contribution is -0.115. The van der Waals surface area contributed by atoms with E-state index in [2.05, 4.69) is 0 Å². The van der Waals surface area contributed by atoms with Crippen molar-refractivity contribution in [3.05, 3.63) is 84.2 Å². The lowest BCUT2D eigenvalue weighted by atomic mass is 10.0. The van der Waals surface area contributed by atoms with Crippen LogP contribution in [-0.4, -0.2) is 24.9 Å². The third-order valence-electron chi connectivity index (χ3n) is 4.12. The minimum absolute atomic E-state index is 0.0807. The fourth-order valence-electron chi connectivity index (χ4n) is 2.86. The number of hydrogen-bond donors (Lipinski definition) is 2. The van der Waals surface area contributed by atoms with Crippen LogP contribution in [0.4, 0.5) is 11.4 Å². The Morgan fingerprint density at radius 1 is 0.615 bits per heavy atom. The van der Waals surface area contributed by atoms with E-state index >= 15 is 0 Å². The smallest absolute Gasteiger partial charge is 0.204 e. The van der Waals surface area contributed by atoms with Crippen molar-refractivity contribution in [2.45, 2.75) is 0 Å². The van der Waals surface area contributed by atoms with E-state index in [9.17, 15) is 9.59 Å². The Hall–Kier alpha value is -3.22. The normalized spacial score (nSPS) is 13.9. The summed E-state index contributed by atoms with van der Waals surface area (Å²) in [5.41, 5.74) is 13.6. The van der Waals surface area contributed by atoms with Gasteiger partial charge in [-0.1, -0.05) is 36.4 Å². The fraction of sp³-hybridized carbons (Fsp3) is 0.100. The number of allylic oxidation sites excluding steroid dienone is 2. The van der Waals surface area contributed by atoms with Crippen LogP contribution in [-0.2, 0) is 9.59 Å². The standard InChI is InChI=1S/C20H20N4O2/c21-13-23(15-7-3-1-4-8-15)17-11-20(26)18(12-19(17)25)24(14-22)16-9-5-2-6-10-16/h1-12H,13-14,21-22H2. The summed E-state index contributed by atoms with van der Waals surface area (Å²) in [6.45, 7) is 0.161. The maximum atomic E-state index is 12.7. The molecule has 6 heteroatoms. The molecule has 4 N–H and O–H groups in total. The zero-order valence-electron chi connectivity index (χ0n) is 14.2. The van der Waals surface area contributed by atoms with Gasteiger partial charge in [0.15, 0.2) is 0 Å². The second-order valence-corrected chi connectivity index (χ2v) is 5.68. The molecule has 2 aromatic carbocycles. The van der Waals surface area contributed by atoms with Crippen molar-refractivity contribution in [1.82, 2.24) is 0 Å². The van der Waals surface area contributed by atoms with Gasteiger partial charge >= 0.3 is 0 Å². The van der Waals surface area contributed by atoms with Gasteiger partial charge in [-0.3, -0.25) is 9.59 Å². The molecule has 0 bridgehead atoms. The maximum Gasteiger partial charge on any atom is 0.204 e. The summed E-state index contributed by atoms with van der Waals surface area (Å²) in [5.74, 6) is -0.577. The van der Waals surface area contributed by atoms with Gasteiger partial charge in [0.2, 0.25) is 11.6 Å². The second-order valence-electron chi connectivity index (χ2n) is 5.68. The van der Waals surface area contributed by atoms with Crippen LogP contribution in [0, 0.1) is 0 Å². The third-order valence-corrected chi connectivity index (χ3v) is 4.12. The Morgan fingerprint density at radius 3 is 1.27 bits per heavy atom. The van der Waals surface area contributed by atoms with Gasteiger partial charge in [0.1, 0.15) is 0 Å². The summed E-state index contributed by atoms with van der Waals surface area (Å²) < 4.78 is 0. The number of carbonyl (C=O) groups is 2. The van der Waals surface area contributed by atoms with Crippen molar-refractivity contribution < 1.29 is 9.59 Å². The van der Waals surface area contributed by atoms with E-state index in [0.29, 0.717) is 0 Å². The van der Waals surface area contributed by atoms with Gasteiger partial charge in [-0.15, -0.1) is 0 Å². The molecule has 0 radical (unpaired) electrons. The van der Waals surface area contributed by atoms with E-state index in [1.807, 2.05) is 60.7 Å². The summed E-state index contributed by atoms with van der Waals surface area (Å²) in [6, 6.07) is 18.5. The number of benzene rings is 2. The highest BCUT2D eigenvalue weighted by Crippen LogP contribution is 2.25. The quantitative estimate of drug-likeness (QED) is 0.610. The van der Waals surface area contributed by atoms with Crippen LogP contribution >= 0.6 is 0 Å². The van der Waals surface area contributed by atoms with E-state index in [4.69, 9.17) is 11.5 Å². The van der Waals surface area contributed by atoms with Crippen LogP contribution in [0.15, 0.2) is 84.2 Å². The van der Waals surface area contributed by atoms with Gasteiger partial charge in [-0.2, -0.15) is 0 Å². The van der Waals surface area contributed by atoms with E-state index in [-0.39, 0.29) is 36.3 Å². The van der Waals surface area contributed by atoms with Gasteiger partial charge in [0, 0.05) is 23.5 Å². The van der Waals surface area contributed by atoms with Gasteiger partial charge < -0.3 is 21.3 Å². The molecule has 0 atom stereocenters. The van der Waals surface area contributed by atoms with Crippen molar-refractivity contribution >= 4 is 22.9 Å². The molecule has 0 heterocycles. The molecule has 1 aliphatic rings. The van der Waals surface area contributed by atoms with Crippen LogP contribution in [0.3, 0.4) is 0 Å². The summed E-state index contributed by atoms with van der Waals surface area (Å²) in [5, 5.41) is 0. The molecular weight excluding hydrogens is 328 g/mol. The van der Waals surface area contributed by atoms with Crippen molar-refractivity contribution in [1.29, 1.82) is 0 Å². The number of rotatable bonds is 6. The highest BCUT2D eigenvalue weighted by molar-refractivity contribution is 6.22. The maximum absolute atomic E-state index is 12.7. The Bertz CT molecular complexity index is 786. The Labute approximate surface area is 152 Å². The number of hydrogen-bond acceptors (Lipinski definition) is 6. The molecular formula is C20H20N4O2. The van der Waals surface area contributed by atoms with Crippen molar-refractivity contribution in [3.8, 4) is 0 Å². The SMILES string of the molecule is NCN(C1=CC(=O)C(N(CN)c2ccccc2)=CC1=O)c1ccccc1. The summed E-state index contributed by atoms with van der Waals surface area (Å²) in [6.07, 6.45) is 2.65. The van der Waals surface area contributed by atoms with E-state index in [1.54, 1.807) is 9.80 Å². The van der Waals surface area contributed by atoms with Crippen LogP contribution in [0.5, 0.6) is 0 Å². The minimum atomic E-state index is -0.289. The largest absolute Gasteiger partial charge is 0.325 e. The second kappa shape index (κ2) is 7.77. The predicted molar refractivity (Wildman–Crippen MR) is 102 cm³/mol. The number of ketones is 2. The first-order valence-corrected chi connectivity index (χ1v) is 8.23. The summed E-state index contributed by atoms with van der Waals surface area (Å²) >= 11 is 0. The lowest BCUT2D eigenvalue weighted by Crippen LogP contribution is -2.38. The molecule has 1 aliphatic carbocycles. The highest BCUT2D eigenvalue weighted by atomic mass is 16.1. The van der Waals surface area contributed by atoms with Crippen LogP contribution < -0.4 is 21.3 Å². The molecule has 6 nitrogen and oxygen atoms in total. The van der Waals surface area contributed by atoms with Gasteiger partial charge in [0.25, 0.3) is 0 Å². The van der Waals surface area contributed by atoms with E-state index in [1.165, 1.54) is 12.2 Å². The van der Waals surface area contributed by atoms with Crippen molar-refractivity contribution in [2.75, 3.05) is 23.1 Å². The van der Waals surface area contributed by atoms with Crippen LogP contribution in [0.1, 0.15) is 0 Å². The van der Waals surface area contributed by atoms with E-state index < -0.39 is 0 Å². The molecule has 0 unspecified atom stereocenters. The monoisotopic (exact) mass is 348 g/mol. The molecule has 26 heavy (non-hydrogen) atoms. The molecule has 0 aliphatic heterocycles. The average molecular weight is 348 g/mol. The number of carbonyl (C=O) groups excluding carboxylic acids is 2. The number of nitrogens with two attached hydrogens (primary N) is 2. The molecule has 0 fully saturated rings. The number of para-hydroxylation sites is 2. The predicted octanol–water partition coefficient (Wildman–Crippen LogP) is 1.75. The number of anilines is 2. The molecule has 0 saturated heterocycles. The third kappa shape index (κ3) is 3.42. The molecule has 0 aromatic heterocycles. The van der Waals surface area contributed by atoms with Crippen LogP contribution in [0.2, 0.25) is 0 Å². The zero-order chi connectivity index (χ0) is 18.5. The molecule has 0 saturated carbocycles. The Kier molecular flexibility index (Phi) is 5.26. The molecule has 0 amide bonds. The van der Waals surface area contributed by atoms with Crippen molar-refractivity contribution in [3.63, 3.8) is 0 Å². The topological polar surface area (TPSA) is 92.7 Å².